The number of anilines is 1. The maximum Gasteiger partial charge on any atom is 0.223 e. The van der Waals surface area contributed by atoms with E-state index in [0.29, 0.717) is 25.5 Å². The number of ether oxygens (including phenoxy) is 1. The van der Waals surface area contributed by atoms with Gasteiger partial charge in [-0.15, -0.1) is 0 Å². The standard InChI is InChI=1S/C22H29ClN4O2/c1-16(2)27-21-8-13-29-15-19(21)20(24-27)6-7-22(28)26-11-9-25(10-12-26)18-5-3-4-17(23)14-18/h3-5,14,16H,6-13,15H2,1-2H3. The van der Waals surface area contributed by atoms with Crippen LogP contribution in [0.2, 0.25) is 5.02 Å². The number of aryl methyl sites for hydroxylation is 1. The summed E-state index contributed by atoms with van der Waals surface area (Å²) in [5, 5.41) is 5.56. The number of carbonyl (C=O) groups excluding carboxylic acids is 1. The third kappa shape index (κ3) is 4.43. The van der Waals surface area contributed by atoms with Gasteiger partial charge in [-0.25, -0.2) is 0 Å². The highest BCUT2D eigenvalue weighted by Gasteiger charge is 2.25. The van der Waals surface area contributed by atoms with Crippen LogP contribution in [-0.2, 0) is 29.0 Å². The molecule has 0 saturated carbocycles. The van der Waals surface area contributed by atoms with E-state index in [1.54, 1.807) is 0 Å². The number of amides is 1. The van der Waals surface area contributed by atoms with Crippen LogP contribution in [0.3, 0.4) is 0 Å². The average molecular weight is 417 g/mol. The van der Waals surface area contributed by atoms with E-state index in [1.807, 2.05) is 23.1 Å². The number of hydrogen-bond donors (Lipinski definition) is 0. The van der Waals surface area contributed by atoms with E-state index in [0.717, 1.165) is 55.6 Å². The maximum absolute atomic E-state index is 12.8. The lowest BCUT2D eigenvalue weighted by molar-refractivity contribution is -0.131. The van der Waals surface area contributed by atoms with Crippen LogP contribution in [0.5, 0.6) is 0 Å². The van der Waals surface area contributed by atoms with Crippen LogP contribution < -0.4 is 4.90 Å². The molecule has 2 aromatic rings. The minimum absolute atomic E-state index is 0.209. The van der Waals surface area contributed by atoms with Crippen molar-refractivity contribution in [3.63, 3.8) is 0 Å². The molecule has 1 aromatic carbocycles. The van der Waals surface area contributed by atoms with Crippen molar-refractivity contribution in [2.24, 2.45) is 0 Å². The first kappa shape index (κ1) is 20.2. The molecule has 1 amide bonds. The summed E-state index contributed by atoms with van der Waals surface area (Å²) in [4.78, 5) is 17.1. The van der Waals surface area contributed by atoms with Gasteiger partial charge < -0.3 is 14.5 Å². The molecule has 6 nitrogen and oxygen atoms in total. The number of rotatable bonds is 5. The van der Waals surface area contributed by atoms with Crippen LogP contribution in [-0.4, -0.2) is 53.4 Å². The van der Waals surface area contributed by atoms with Crippen LogP contribution in [0, 0.1) is 0 Å². The topological polar surface area (TPSA) is 50.6 Å². The van der Waals surface area contributed by atoms with Crippen molar-refractivity contribution < 1.29 is 9.53 Å². The van der Waals surface area contributed by atoms with Gasteiger partial charge in [0.1, 0.15) is 0 Å². The number of halogens is 1. The number of nitrogens with zero attached hydrogens (tertiary/aromatic N) is 4. The molecule has 156 valence electrons. The Balaban J connectivity index is 1.34. The van der Waals surface area contributed by atoms with Crippen LogP contribution >= 0.6 is 11.6 Å². The first-order valence-corrected chi connectivity index (χ1v) is 10.9. The number of carbonyl (C=O) groups is 1. The van der Waals surface area contributed by atoms with Crippen molar-refractivity contribution in [2.75, 3.05) is 37.7 Å². The monoisotopic (exact) mass is 416 g/mol. The van der Waals surface area contributed by atoms with Gasteiger partial charge in [0.2, 0.25) is 5.91 Å². The molecule has 1 fully saturated rings. The van der Waals surface area contributed by atoms with Crippen molar-refractivity contribution in [3.8, 4) is 0 Å². The van der Waals surface area contributed by atoms with Crippen molar-refractivity contribution in [1.82, 2.24) is 14.7 Å². The van der Waals surface area contributed by atoms with E-state index in [-0.39, 0.29) is 5.91 Å². The number of hydrogen-bond acceptors (Lipinski definition) is 4. The number of fused-ring (bicyclic) bond motifs is 1. The van der Waals surface area contributed by atoms with Gasteiger partial charge in [-0.2, -0.15) is 5.10 Å². The molecule has 0 atom stereocenters. The lowest BCUT2D eigenvalue weighted by Gasteiger charge is -2.36. The molecule has 1 aromatic heterocycles. The predicted molar refractivity (Wildman–Crippen MR) is 115 cm³/mol. The molecule has 0 spiro atoms. The molecule has 2 aliphatic heterocycles. The fourth-order valence-electron chi connectivity index (χ4n) is 4.23. The second-order valence-corrected chi connectivity index (χ2v) is 8.50. The van der Waals surface area contributed by atoms with Gasteiger partial charge in [-0.05, 0) is 32.0 Å². The Hall–Kier alpha value is -2.05. The van der Waals surface area contributed by atoms with E-state index >= 15 is 0 Å². The van der Waals surface area contributed by atoms with Crippen LogP contribution in [0.15, 0.2) is 24.3 Å². The number of benzene rings is 1. The highest BCUT2D eigenvalue weighted by atomic mass is 35.5. The molecular weight excluding hydrogens is 388 g/mol. The molecule has 4 rings (SSSR count). The van der Waals surface area contributed by atoms with Gasteiger partial charge in [0, 0.05) is 73.5 Å². The SMILES string of the molecule is CC(C)n1nc(CCC(=O)N2CCN(c3cccc(Cl)c3)CC2)c2c1CCOC2. The fourth-order valence-corrected chi connectivity index (χ4v) is 4.41. The first-order valence-electron chi connectivity index (χ1n) is 10.5. The molecule has 0 N–H and O–H groups in total. The Morgan fingerprint density at radius 1 is 1.24 bits per heavy atom. The summed E-state index contributed by atoms with van der Waals surface area (Å²) in [7, 11) is 0. The third-order valence-electron chi connectivity index (χ3n) is 5.80. The van der Waals surface area contributed by atoms with Gasteiger partial charge in [-0.1, -0.05) is 17.7 Å². The van der Waals surface area contributed by atoms with Gasteiger partial charge in [0.15, 0.2) is 0 Å². The fraction of sp³-hybridized carbons (Fsp3) is 0.545. The zero-order chi connectivity index (χ0) is 20.4. The summed E-state index contributed by atoms with van der Waals surface area (Å²) in [5.74, 6) is 0.209. The minimum Gasteiger partial charge on any atom is -0.376 e. The average Bonchev–Trinajstić information content (AvgIpc) is 3.11. The van der Waals surface area contributed by atoms with E-state index in [2.05, 4.69) is 29.5 Å². The Morgan fingerprint density at radius 2 is 2.03 bits per heavy atom. The minimum atomic E-state index is 0.209. The molecule has 0 bridgehead atoms. The van der Waals surface area contributed by atoms with E-state index in [4.69, 9.17) is 21.4 Å². The Morgan fingerprint density at radius 3 is 2.76 bits per heavy atom. The lowest BCUT2D eigenvalue weighted by atomic mass is 10.1. The molecule has 0 aliphatic carbocycles. The molecule has 0 unspecified atom stereocenters. The summed E-state index contributed by atoms with van der Waals surface area (Å²) in [6.45, 7) is 8.81. The van der Waals surface area contributed by atoms with Gasteiger partial charge in [0.25, 0.3) is 0 Å². The number of piperazine rings is 1. The van der Waals surface area contributed by atoms with Crippen molar-refractivity contribution in [1.29, 1.82) is 0 Å². The van der Waals surface area contributed by atoms with Crippen molar-refractivity contribution >= 4 is 23.2 Å². The summed E-state index contributed by atoms with van der Waals surface area (Å²) < 4.78 is 7.76. The van der Waals surface area contributed by atoms with Gasteiger partial charge in [0.05, 0.1) is 18.9 Å². The molecular formula is C22H29ClN4O2. The third-order valence-corrected chi connectivity index (χ3v) is 6.04. The zero-order valence-corrected chi connectivity index (χ0v) is 18.0. The molecule has 7 heteroatoms. The van der Waals surface area contributed by atoms with Crippen molar-refractivity contribution in [2.45, 2.75) is 45.8 Å². The van der Waals surface area contributed by atoms with Crippen molar-refractivity contribution in [3.05, 3.63) is 46.2 Å². The van der Waals surface area contributed by atoms with Gasteiger partial charge in [-0.3, -0.25) is 9.48 Å². The highest BCUT2D eigenvalue weighted by Crippen LogP contribution is 2.25. The second-order valence-electron chi connectivity index (χ2n) is 8.06. The van der Waals surface area contributed by atoms with Crippen LogP contribution in [0.1, 0.15) is 43.3 Å². The maximum atomic E-state index is 12.8. The Bertz CT molecular complexity index is 872. The van der Waals surface area contributed by atoms with Crippen LogP contribution in [0.25, 0.3) is 0 Å². The Labute approximate surface area is 177 Å². The van der Waals surface area contributed by atoms with E-state index < -0.39 is 0 Å². The first-order chi connectivity index (χ1) is 14.0. The normalized spacial score (nSPS) is 17.0. The van der Waals surface area contributed by atoms with Gasteiger partial charge >= 0.3 is 0 Å². The number of aromatic nitrogens is 2. The molecule has 0 radical (unpaired) electrons. The molecule has 3 heterocycles. The van der Waals surface area contributed by atoms with E-state index in [9.17, 15) is 4.79 Å². The molecule has 29 heavy (non-hydrogen) atoms. The second kappa shape index (κ2) is 8.76. The Kier molecular flexibility index (Phi) is 6.11. The highest BCUT2D eigenvalue weighted by molar-refractivity contribution is 6.30. The summed E-state index contributed by atoms with van der Waals surface area (Å²) in [5.41, 5.74) is 4.63. The largest absolute Gasteiger partial charge is 0.376 e. The molecule has 2 aliphatic rings. The lowest BCUT2D eigenvalue weighted by Crippen LogP contribution is -2.48. The quantitative estimate of drug-likeness (QED) is 0.748. The summed E-state index contributed by atoms with van der Waals surface area (Å²) in [6, 6.07) is 8.23. The molecule has 1 saturated heterocycles. The van der Waals surface area contributed by atoms with Crippen LogP contribution in [0.4, 0.5) is 5.69 Å². The summed E-state index contributed by atoms with van der Waals surface area (Å²) >= 11 is 6.11. The zero-order valence-electron chi connectivity index (χ0n) is 17.2. The predicted octanol–water partition coefficient (Wildman–Crippen LogP) is 3.47. The smallest absolute Gasteiger partial charge is 0.223 e. The van der Waals surface area contributed by atoms with E-state index in [1.165, 1.54) is 11.3 Å². The summed E-state index contributed by atoms with van der Waals surface area (Å²) in [6.07, 6.45) is 2.08.